The molecule has 234 valence electrons. The minimum Gasteiger partial charge on any atom is -0.325 e. The predicted molar refractivity (Wildman–Crippen MR) is 168 cm³/mol. The highest BCUT2D eigenvalue weighted by Gasteiger charge is 2.50. The number of hydrogen-bond acceptors (Lipinski definition) is 4. The molecular weight excluding hydrogens is 574 g/mol. The number of carbonyl (C=O) groups excluding carboxylic acids is 3. The van der Waals surface area contributed by atoms with E-state index in [-0.39, 0.29) is 18.4 Å². The normalized spacial score (nSPS) is 24.7. The van der Waals surface area contributed by atoms with Gasteiger partial charge in [0, 0.05) is 24.0 Å². The van der Waals surface area contributed by atoms with Crippen molar-refractivity contribution in [3.8, 4) is 0 Å². The van der Waals surface area contributed by atoms with Crippen molar-refractivity contribution in [2.45, 2.75) is 75.3 Å². The van der Waals surface area contributed by atoms with Gasteiger partial charge in [-0.3, -0.25) is 14.4 Å². The van der Waals surface area contributed by atoms with Gasteiger partial charge in [-0.2, -0.15) is 0 Å². The van der Waals surface area contributed by atoms with Gasteiger partial charge in [-0.05, 0) is 77.8 Å². The van der Waals surface area contributed by atoms with Gasteiger partial charge >= 0.3 is 0 Å². The average molecular weight is 613 g/mol. The SMILES string of the molecule is O=C(CN1C(=O)C(CC2CCCCCC2)NCC1c1cc(F)cc(F)c1)Nc1ccc2c(c1)CC1(C2)C(=O)Nc2ccccc21. The van der Waals surface area contributed by atoms with Gasteiger partial charge in [-0.25, -0.2) is 8.78 Å². The molecule has 45 heavy (non-hydrogen) atoms. The van der Waals surface area contributed by atoms with Crippen LogP contribution in [0.5, 0.6) is 0 Å². The number of halogens is 2. The summed E-state index contributed by atoms with van der Waals surface area (Å²) in [4.78, 5) is 42.0. The van der Waals surface area contributed by atoms with Gasteiger partial charge < -0.3 is 20.9 Å². The Morgan fingerprint density at radius 2 is 1.64 bits per heavy atom. The molecule has 3 N–H and O–H groups in total. The largest absolute Gasteiger partial charge is 0.325 e. The van der Waals surface area contributed by atoms with E-state index in [1.807, 2.05) is 42.5 Å². The molecule has 0 bridgehead atoms. The minimum absolute atomic E-state index is 0.0130. The van der Waals surface area contributed by atoms with E-state index in [4.69, 9.17) is 0 Å². The molecule has 3 unspecified atom stereocenters. The Bertz CT molecular complexity index is 1630. The zero-order chi connectivity index (χ0) is 31.1. The summed E-state index contributed by atoms with van der Waals surface area (Å²) in [5.41, 5.74) is 4.12. The molecule has 7 rings (SSSR count). The number of hydrogen-bond donors (Lipinski definition) is 3. The lowest BCUT2D eigenvalue weighted by molar-refractivity contribution is -0.142. The summed E-state index contributed by atoms with van der Waals surface area (Å²) in [5.74, 6) is -1.65. The first-order valence-corrected chi connectivity index (χ1v) is 16.1. The molecule has 2 fully saturated rings. The van der Waals surface area contributed by atoms with Crippen LogP contribution in [0.4, 0.5) is 20.2 Å². The first-order valence-electron chi connectivity index (χ1n) is 16.1. The van der Waals surface area contributed by atoms with Crippen molar-refractivity contribution in [1.29, 1.82) is 0 Å². The Morgan fingerprint density at radius 1 is 0.911 bits per heavy atom. The van der Waals surface area contributed by atoms with Gasteiger partial charge in [0.2, 0.25) is 17.7 Å². The van der Waals surface area contributed by atoms with Crippen LogP contribution in [0, 0.1) is 17.6 Å². The van der Waals surface area contributed by atoms with Gasteiger partial charge in [0.05, 0.1) is 17.5 Å². The van der Waals surface area contributed by atoms with Crippen LogP contribution >= 0.6 is 0 Å². The molecule has 1 spiro atoms. The predicted octanol–water partition coefficient (Wildman–Crippen LogP) is 5.79. The van der Waals surface area contributed by atoms with Gasteiger partial charge in [-0.15, -0.1) is 0 Å². The third kappa shape index (κ3) is 5.74. The van der Waals surface area contributed by atoms with E-state index in [1.165, 1.54) is 29.9 Å². The van der Waals surface area contributed by atoms with E-state index in [0.717, 1.165) is 54.1 Å². The van der Waals surface area contributed by atoms with Crippen LogP contribution in [0.3, 0.4) is 0 Å². The van der Waals surface area contributed by atoms with Crippen molar-refractivity contribution in [1.82, 2.24) is 10.2 Å². The van der Waals surface area contributed by atoms with Crippen molar-refractivity contribution in [2.75, 3.05) is 23.7 Å². The highest BCUT2D eigenvalue weighted by Crippen LogP contribution is 2.47. The van der Waals surface area contributed by atoms with E-state index in [1.54, 1.807) is 0 Å². The highest BCUT2D eigenvalue weighted by atomic mass is 19.1. The van der Waals surface area contributed by atoms with Crippen molar-refractivity contribution in [2.24, 2.45) is 5.92 Å². The summed E-state index contributed by atoms with van der Waals surface area (Å²) in [6.07, 6.45) is 8.70. The highest BCUT2D eigenvalue weighted by molar-refractivity contribution is 6.07. The fraction of sp³-hybridized carbons (Fsp3) is 0.417. The fourth-order valence-electron chi connectivity index (χ4n) is 8.01. The molecular formula is C36H38F2N4O3. The van der Waals surface area contributed by atoms with E-state index in [9.17, 15) is 23.2 Å². The van der Waals surface area contributed by atoms with Crippen molar-refractivity contribution < 1.29 is 23.2 Å². The monoisotopic (exact) mass is 612 g/mol. The van der Waals surface area contributed by atoms with Crippen LogP contribution in [-0.4, -0.2) is 41.8 Å². The molecule has 3 atom stereocenters. The number of fused-ring (bicyclic) bond motifs is 3. The lowest BCUT2D eigenvalue weighted by atomic mass is 9.79. The number of para-hydroxylation sites is 1. The summed E-state index contributed by atoms with van der Waals surface area (Å²) in [6.45, 7) is 0.0467. The van der Waals surface area contributed by atoms with Gasteiger partial charge in [0.15, 0.2) is 0 Å². The Morgan fingerprint density at radius 3 is 2.42 bits per heavy atom. The Labute approximate surface area is 261 Å². The maximum atomic E-state index is 14.2. The molecule has 4 aliphatic rings. The number of piperazine rings is 1. The average Bonchev–Trinajstić information content (AvgIpc) is 3.38. The molecule has 2 heterocycles. The van der Waals surface area contributed by atoms with Crippen molar-refractivity contribution in [3.63, 3.8) is 0 Å². The summed E-state index contributed by atoms with van der Waals surface area (Å²) >= 11 is 0. The summed E-state index contributed by atoms with van der Waals surface area (Å²) < 4.78 is 28.5. The first kappa shape index (κ1) is 29.6. The van der Waals surface area contributed by atoms with Crippen LogP contribution in [0.1, 0.15) is 73.2 Å². The number of nitrogens with zero attached hydrogens (tertiary/aromatic N) is 1. The minimum atomic E-state index is -0.725. The molecule has 3 aromatic rings. The molecule has 3 aromatic carbocycles. The number of benzene rings is 3. The Balaban J connectivity index is 1.09. The summed E-state index contributed by atoms with van der Waals surface area (Å²) in [6, 6.07) is 15.6. The van der Waals surface area contributed by atoms with E-state index >= 15 is 0 Å². The van der Waals surface area contributed by atoms with Crippen LogP contribution in [0.2, 0.25) is 0 Å². The van der Waals surface area contributed by atoms with Gasteiger partial charge in [0.1, 0.15) is 18.2 Å². The molecule has 2 aliphatic carbocycles. The number of carbonyl (C=O) groups is 3. The molecule has 0 radical (unpaired) electrons. The maximum absolute atomic E-state index is 14.2. The fourth-order valence-corrected chi connectivity index (χ4v) is 8.01. The lowest BCUT2D eigenvalue weighted by Gasteiger charge is -2.40. The molecule has 1 saturated carbocycles. The summed E-state index contributed by atoms with van der Waals surface area (Å²) in [5, 5.41) is 9.31. The van der Waals surface area contributed by atoms with Crippen LogP contribution in [0.15, 0.2) is 60.7 Å². The standard InChI is InChI=1S/C36H38F2N4O3/c37-26-14-24(15-27(38)17-26)32-20-39-31(13-22-7-3-1-2-4-8-22)34(44)42(32)21-33(43)40-28-12-11-23-18-36(19-25(23)16-28)29-9-5-6-10-30(29)41-35(36)45/h5-6,9-12,14-17,22,31-32,39H,1-4,7-8,13,18-21H2,(H,40,43)(H,41,45). The lowest BCUT2D eigenvalue weighted by Crippen LogP contribution is -2.58. The van der Waals surface area contributed by atoms with E-state index < -0.39 is 35.0 Å². The molecule has 2 aliphatic heterocycles. The zero-order valence-electron chi connectivity index (χ0n) is 25.2. The first-order chi connectivity index (χ1) is 21.8. The topological polar surface area (TPSA) is 90.5 Å². The van der Waals surface area contributed by atoms with Crippen LogP contribution < -0.4 is 16.0 Å². The number of rotatable bonds is 6. The third-order valence-electron chi connectivity index (χ3n) is 10.2. The van der Waals surface area contributed by atoms with Crippen molar-refractivity contribution >= 4 is 29.1 Å². The van der Waals surface area contributed by atoms with Gasteiger partial charge in [0.25, 0.3) is 0 Å². The van der Waals surface area contributed by atoms with Gasteiger partial charge in [-0.1, -0.05) is 62.8 Å². The second-order valence-corrected chi connectivity index (χ2v) is 13.2. The quantitative estimate of drug-likeness (QED) is 0.307. The Kier molecular flexibility index (Phi) is 7.89. The van der Waals surface area contributed by atoms with Crippen LogP contribution in [0.25, 0.3) is 0 Å². The molecule has 9 heteroatoms. The molecule has 0 aromatic heterocycles. The smallest absolute Gasteiger partial charge is 0.244 e. The molecule has 7 nitrogen and oxygen atoms in total. The van der Waals surface area contributed by atoms with Crippen molar-refractivity contribution in [3.05, 3.63) is 94.6 Å². The second-order valence-electron chi connectivity index (χ2n) is 13.2. The zero-order valence-corrected chi connectivity index (χ0v) is 25.2. The maximum Gasteiger partial charge on any atom is 0.244 e. The Hall–Kier alpha value is -4.11. The molecule has 3 amide bonds. The number of anilines is 2. The third-order valence-corrected chi connectivity index (χ3v) is 10.2. The summed E-state index contributed by atoms with van der Waals surface area (Å²) in [7, 11) is 0. The second kappa shape index (κ2) is 12.0. The van der Waals surface area contributed by atoms with E-state index in [0.29, 0.717) is 43.0 Å². The molecule has 1 saturated heterocycles. The number of amides is 3. The van der Waals surface area contributed by atoms with Crippen LogP contribution in [-0.2, 0) is 32.6 Å². The number of nitrogens with one attached hydrogen (secondary N) is 3. The van der Waals surface area contributed by atoms with E-state index in [2.05, 4.69) is 16.0 Å².